The molecule has 9 nitrogen and oxygen atoms in total. The maximum Gasteiger partial charge on any atom is 1.00 e. The Hall–Kier alpha value is -0.970. The molecule has 0 spiro atoms. The average Bonchev–Trinajstić information content (AvgIpc) is 2.97. The molecule has 4 aliphatic rings. The molecular weight excluding hydrogens is 391 g/mol. The summed E-state index contributed by atoms with van der Waals surface area (Å²) in [6, 6.07) is -0.364. The Morgan fingerprint density at radius 1 is 1.31 bits per heavy atom. The molecule has 0 unspecified atom stereocenters. The first-order valence-corrected chi connectivity index (χ1v) is 9.85. The smallest absolute Gasteiger partial charge is 0.543 e. The zero-order valence-corrected chi connectivity index (χ0v) is 18.8. The van der Waals surface area contributed by atoms with Crippen LogP contribution in [0.5, 0.6) is 0 Å². The molecule has 1 saturated carbocycles. The second-order valence-corrected chi connectivity index (χ2v) is 7.89. The summed E-state index contributed by atoms with van der Waals surface area (Å²) in [6.07, 6.45) is 0.731. The summed E-state index contributed by atoms with van der Waals surface area (Å²) in [5.41, 5.74) is 0.419. The Labute approximate surface area is 191 Å². The monoisotopic (exact) mass is 416 g/mol. The second kappa shape index (κ2) is 9.03. The number of ether oxygens (including phenoxy) is 2. The second-order valence-electron chi connectivity index (χ2n) is 7.89. The van der Waals surface area contributed by atoms with Crippen LogP contribution in [0.4, 0.5) is 0 Å². The Morgan fingerprint density at radius 2 is 2.00 bits per heavy atom. The minimum absolute atomic E-state index is 0. The van der Waals surface area contributed by atoms with E-state index in [9.17, 15) is 24.6 Å². The van der Waals surface area contributed by atoms with Crippen LogP contribution in [0.25, 0.3) is 0 Å². The quantitative estimate of drug-likeness (QED) is 0.353. The number of hydrogen-bond donors (Lipinski definition) is 1. The van der Waals surface area contributed by atoms with Crippen molar-refractivity contribution in [3.63, 3.8) is 0 Å². The molecule has 0 aromatic carbocycles. The van der Waals surface area contributed by atoms with Crippen LogP contribution in [0.15, 0.2) is 11.3 Å². The normalized spacial score (nSPS) is 32.1. The molecule has 0 bridgehead atoms. The van der Waals surface area contributed by atoms with Crippen molar-refractivity contribution >= 4 is 17.8 Å². The van der Waals surface area contributed by atoms with Gasteiger partial charge in [0.1, 0.15) is 6.61 Å². The number of carboxylic acid groups (broad SMARTS) is 1. The number of fused-ring (bicyclic) bond motifs is 3. The van der Waals surface area contributed by atoms with Gasteiger partial charge in [0.25, 0.3) is 0 Å². The van der Waals surface area contributed by atoms with Crippen molar-refractivity contribution in [3.05, 3.63) is 11.3 Å². The van der Waals surface area contributed by atoms with Crippen molar-refractivity contribution in [1.29, 1.82) is 0 Å². The number of carbonyl (C=O) groups excluding carboxylic acids is 3. The first kappa shape index (κ1) is 22.7. The fraction of sp³-hybridized carbons (Fsp3) is 0.737. The molecule has 0 radical (unpaired) electrons. The largest absolute Gasteiger partial charge is 1.00 e. The molecule has 0 aromatic heterocycles. The van der Waals surface area contributed by atoms with Gasteiger partial charge in [-0.1, -0.05) is 0 Å². The number of hydrogen-bond acceptors (Lipinski definition) is 7. The Morgan fingerprint density at radius 3 is 2.62 bits per heavy atom. The summed E-state index contributed by atoms with van der Waals surface area (Å²) in [4.78, 5) is 39.6. The standard InChI is InChI=1S/C19H26N2O7.Na/c1-10(22)14-16-11-3-2-4-12(15(11)17(19(25)26)21(16)18(14)24)28-9-13(23)20-5-7-27-8-6-20;/h10-12,14,16,22H,2-9H2,1H3,(H,25,26);/q;+1/p-1/t10-,11+,12+,14-,16-;/m1./s1. The van der Waals surface area contributed by atoms with Crippen LogP contribution in [0.1, 0.15) is 26.2 Å². The number of carboxylic acids is 1. The van der Waals surface area contributed by atoms with Crippen LogP contribution in [0, 0.1) is 11.8 Å². The van der Waals surface area contributed by atoms with Crippen LogP contribution >= 0.6 is 0 Å². The van der Waals surface area contributed by atoms with Crippen LogP contribution in [0.2, 0.25) is 0 Å². The summed E-state index contributed by atoms with van der Waals surface area (Å²) < 4.78 is 11.1. The fourth-order valence-electron chi connectivity index (χ4n) is 5.07. The van der Waals surface area contributed by atoms with Crippen LogP contribution in [-0.2, 0) is 23.9 Å². The molecule has 3 heterocycles. The number of aliphatic hydroxyl groups is 1. The van der Waals surface area contributed by atoms with E-state index in [1.54, 1.807) is 11.8 Å². The van der Waals surface area contributed by atoms with Gasteiger partial charge in [0.2, 0.25) is 11.8 Å². The van der Waals surface area contributed by atoms with Gasteiger partial charge < -0.3 is 34.3 Å². The van der Waals surface area contributed by atoms with E-state index < -0.39 is 24.1 Å². The van der Waals surface area contributed by atoms with Gasteiger partial charge in [-0.3, -0.25) is 9.59 Å². The van der Waals surface area contributed by atoms with E-state index in [0.29, 0.717) is 38.3 Å². The molecule has 0 aromatic rings. The van der Waals surface area contributed by atoms with Gasteiger partial charge in [0.05, 0.1) is 49.0 Å². The van der Waals surface area contributed by atoms with Gasteiger partial charge in [-0.15, -0.1) is 0 Å². The Kier molecular flexibility index (Phi) is 7.07. The molecule has 3 fully saturated rings. The molecule has 154 valence electrons. The zero-order chi connectivity index (χ0) is 20.0. The van der Waals surface area contributed by atoms with Gasteiger partial charge in [-0.05, 0) is 31.8 Å². The van der Waals surface area contributed by atoms with Crippen molar-refractivity contribution in [2.75, 3.05) is 32.9 Å². The van der Waals surface area contributed by atoms with E-state index in [1.807, 2.05) is 0 Å². The van der Waals surface area contributed by atoms with Crippen LogP contribution in [0.3, 0.4) is 0 Å². The Balaban J connectivity index is 0.00000240. The minimum Gasteiger partial charge on any atom is -0.543 e. The maximum absolute atomic E-state index is 12.4. The van der Waals surface area contributed by atoms with Crippen molar-refractivity contribution in [3.8, 4) is 0 Å². The SMILES string of the molecule is C[C@@H](O)[C@H]1C(=O)N2C(C(=O)[O-])=C3[C@@H](OCC(=O)N4CCOCC4)CCC[C@@H]3[C@H]12.[Na+]. The molecule has 10 heteroatoms. The van der Waals surface area contributed by atoms with Gasteiger partial charge in [0.15, 0.2) is 0 Å². The Bertz CT molecular complexity index is 719. The number of amides is 2. The first-order valence-electron chi connectivity index (χ1n) is 9.85. The number of aliphatic hydroxyl groups excluding tert-OH is 1. The molecular formula is C19H25N2NaO7. The van der Waals surface area contributed by atoms with Gasteiger partial charge in [-0.25, -0.2) is 0 Å². The molecule has 5 atom stereocenters. The zero-order valence-electron chi connectivity index (χ0n) is 16.8. The van der Waals surface area contributed by atoms with Crippen molar-refractivity contribution in [2.24, 2.45) is 11.8 Å². The van der Waals surface area contributed by atoms with Gasteiger partial charge >= 0.3 is 29.6 Å². The summed E-state index contributed by atoms with van der Waals surface area (Å²) in [6.45, 7) is 3.44. The summed E-state index contributed by atoms with van der Waals surface area (Å²) in [5.74, 6) is -2.73. The molecule has 3 aliphatic heterocycles. The predicted molar refractivity (Wildman–Crippen MR) is 92.3 cm³/mol. The number of rotatable bonds is 5. The predicted octanol–water partition coefficient (Wildman–Crippen LogP) is -4.74. The fourth-order valence-corrected chi connectivity index (χ4v) is 5.07. The average molecular weight is 416 g/mol. The van der Waals surface area contributed by atoms with E-state index in [2.05, 4.69) is 0 Å². The minimum atomic E-state index is -1.41. The van der Waals surface area contributed by atoms with E-state index >= 15 is 0 Å². The number of aliphatic carboxylic acids is 1. The number of morpholine rings is 1. The maximum atomic E-state index is 12.4. The van der Waals surface area contributed by atoms with Crippen molar-refractivity contribution in [2.45, 2.75) is 44.4 Å². The third kappa shape index (κ3) is 3.88. The molecule has 4 rings (SSSR count). The number of carbonyl (C=O) groups is 3. The first-order chi connectivity index (χ1) is 13.4. The third-order valence-corrected chi connectivity index (χ3v) is 6.33. The van der Waals surface area contributed by atoms with Crippen LogP contribution < -0.4 is 34.7 Å². The van der Waals surface area contributed by atoms with Crippen LogP contribution in [-0.4, -0.2) is 83.8 Å². The topological polar surface area (TPSA) is 119 Å². The van der Waals surface area contributed by atoms with Gasteiger partial charge in [0, 0.05) is 19.0 Å². The van der Waals surface area contributed by atoms with E-state index in [4.69, 9.17) is 9.47 Å². The number of nitrogens with zero attached hydrogens (tertiary/aromatic N) is 2. The van der Waals surface area contributed by atoms with E-state index in [-0.39, 0.29) is 65.6 Å². The number of β-lactam (4-membered cyclic amide) rings is 1. The van der Waals surface area contributed by atoms with Crippen molar-refractivity contribution < 1.29 is 63.6 Å². The molecule has 1 N–H and O–H groups in total. The summed E-state index contributed by atoms with van der Waals surface area (Å²) in [7, 11) is 0. The molecule has 2 amide bonds. The third-order valence-electron chi connectivity index (χ3n) is 6.33. The van der Waals surface area contributed by atoms with Crippen molar-refractivity contribution in [1.82, 2.24) is 9.80 Å². The molecule has 1 aliphatic carbocycles. The summed E-state index contributed by atoms with van der Waals surface area (Å²) >= 11 is 0. The molecule has 29 heavy (non-hydrogen) atoms. The van der Waals surface area contributed by atoms with Gasteiger partial charge in [-0.2, -0.15) is 0 Å². The summed E-state index contributed by atoms with van der Waals surface area (Å²) in [5, 5.41) is 21.8. The van der Waals surface area contributed by atoms with E-state index in [1.165, 1.54) is 4.90 Å². The van der Waals surface area contributed by atoms with E-state index in [0.717, 1.165) is 12.8 Å². The molecule has 2 saturated heterocycles.